The molecular weight excluding hydrogens is 572 g/mol. The highest BCUT2D eigenvalue weighted by Crippen LogP contribution is 2.69. The maximum Gasteiger partial charge on any atom is 0.328 e. The summed E-state index contributed by atoms with van der Waals surface area (Å²) in [6.07, 6.45) is 10.9. The molecule has 11 atom stereocenters. The second-order valence-electron chi connectivity index (χ2n) is 16.3. The average Bonchev–Trinajstić information content (AvgIpc) is 3.63. The summed E-state index contributed by atoms with van der Waals surface area (Å²) >= 11 is 0. The van der Waals surface area contributed by atoms with Crippen molar-refractivity contribution >= 4 is 16.1 Å². The lowest BCUT2D eigenvalue weighted by Crippen LogP contribution is -2.62. The van der Waals surface area contributed by atoms with Crippen LogP contribution in [-0.4, -0.2) is 43.4 Å². The van der Waals surface area contributed by atoms with Gasteiger partial charge < -0.3 is 15.5 Å². The van der Waals surface area contributed by atoms with Crippen LogP contribution in [0.2, 0.25) is 0 Å². The van der Waals surface area contributed by atoms with E-state index in [9.17, 15) is 23.4 Å². The van der Waals surface area contributed by atoms with E-state index in [1.807, 2.05) is 12.1 Å². The molecule has 5 aliphatic rings. The lowest BCUT2D eigenvalue weighted by molar-refractivity contribution is -0.203. The molecular formula is C36H56N2O5S. The maximum atomic E-state index is 12.8. The minimum absolute atomic E-state index is 0.106. The van der Waals surface area contributed by atoms with E-state index in [0.29, 0.717) is 42.1 Å². The minimum Gasteiger partial charge on any atom is -0.393 e. The largest absolute Gasteiger partial charge is 0.393 e. The molecule has 246 valence electrons. The van der Waals surface area contributed by atoms with E-state index < -0.39 is 16.1 Å². The molecule has 1 aromatic rings. The third kappa shape index (κ3) is 5.42. The number of carbonyl (C=O) groups is 1. The van der Waals surface area contributed by atoms with Crippen molar-refractivity contribution < 1.29 is 23.4 Å². The number of benzene rings is 1. The Morgan fingerprint density at radius 3 is 2.25 bits per heavy atom. The summed E-state index contributed by atoms with van der Waals surface area (Å²) in [5, 5.41) is 25.3. The van der Waals surface area contributed by atoms with Gasteiger partial charge in [0.15, 0.2) is 0 Å². The van der Waals surface area contributed by atoms with E-state index in [0.717, 1.165) is 69.8 Å². The first-order valence-electron chi connectivity index (χ1n) is 17.5. The molecule has 44 heavy (non-hydrogen) atoms. The van der Waals surface area contributed by atoms with E-state index in [2.05, 4.69) is 44.7 Å². The number of hydrogen-bond donors (Lipinski definition) is 4. The van der Waals surface area contributed by atoms with Crippen molar-refractivity contribution in [2.75, 3.05) is 6.54 Å². The first-order valence-corrected chi connectivity index (χ1v) is 19.0. The summed E-state index contributed by atoms with van der Waals surface area (Å²) in [7, 11) is -3.93. The van der Waals surface area contributed by atoms with Gasteiger partial charge in [-0.3, -0.25) is 0 Å². The number of hydrogen-bond acceptors (Lipinski definition) is 5. The van der Waals surface area contributed by atoms with Gasteiger partial charge in [-0.05, 0) is 140 Å². The summed E-state index contributed by atoms with van der Waals surface area (Å²) in [6.45, 7) is 12.1. The molecule has 7 nitrogen and oxygen atoms in total. The molecule has 2 amide bonds. The predicted molar refractivity (Wildman–Crippen MR) is 172 cm³/mol. The van der Waals surface area contributed by atoms with Crippen LogP contribution in [0.5, 0.6) is 0 Å². The van der Waals surface area contributed by atoms with Crippen molar-refractivity contribution in [3.8, 4) is 0 Å². The number of carbonyl (C=O) groups excluding carboxylic acids is 1. The Labute approximate surface area is 265 Å². The summed E-state index contributed by atoms with van der Waals surface area (Å²) in [4.78, 5) is 12.7. The van der Waals surface area contributed by atoms with E-state index in [-0.39, 0.29) is 39.3 Å². The smallest absolute Gasteiger partial charge is 0.328 e. The molecule has 1 aromatic carbocycles. The van der Waals surface area contributed by atoms with Crippen molar-refractivity contribution in [1.82, 2.24) is 10.0 Å². The molecule has 0 spiro atoms. The van der Waals surface area contributed by atoms with Gasteiger partial charge in [0.2, 0.25) is 0 Å². The van der Waals surface area contributed by atoms with Crippen LogP contribution in [0.25, 0.3) is 0 Å². The average molecular weight is 629 g/mol. The van der Waals surface area contributed by atoms with Crippen LogP contribution in [0, 0.1) is 52.3 Å². The second-order valence-corrected chi connectivity index (χ2v) is 18.0. The van der Waals surface area contributed by atoms with E-state index in [4.69, 9.17) is 0 Å². The molecule has 5 aliphatic carbocycles. The monoisotopic (exact) mass is 628 g/mol. The van der Waals surface area contributed by atoms with Crippen molar-refractivity contribution in [3.63, 3.8) is 0 Å². The van der Waals surface area contributed by atoms with E-state index in [1.165, 1.54) is 6.42 Å². The lowest BCUT2D eigenvalue weighted by atomic mass is 9.41. The summed E-state index contributed by atoms with van der Waals surface area (Å²) in [5.74, 6) is 2.89. The molecule has 0 unspecified atom stereocenters. The van der Waals surface area contributed by atoms with Gasteiger partial charge in [0.1, 0.15) is 0 Å². The fraction of sp³-hybridized carbons (Fsp3) is 0.806. The van der Waals surface area contributed by atoms with Gasteiger partial charge >= 0.3 is 6.03 Å². The highest BCUT2D eigenvalue weighted by Gasteiger charge is 2.64. The topological polar surface area (TPSA) is 116 Å². The Balaban J connectivity index is 1.06. The maximum absolute atomic E-state index is 12.8. The summed E-state index contributed by atoms with van der Waals surface area (Å²) < 4.78 is 27.9. The van der Waals surface area contributed by atoms with Crippen LogP contribution >= 0.6 is 0 Å². The molecule has 0 aliphatic heterocycles. The molecule has 0 radical (unpaired) electrons. The number of amides is 2. The number of aliphatic hydroxyl groups excluding tert-OH is 2. The van der Waals surface area contributed by atoms with E-state index in [1.54, 1.807) is 12.1 Å². The zero-order chi connectivity index (χ0) is 31.7. The third-order valence-electron chi connectivity index (χ3n) is 14.1. The highest BCUT2D eigenvalue weighted by molar-refractivity contribution is 7.90. The molecule has 0 aromatic heterocycles. The number of urea groups is 1. The first kappa shape index (κ1) is 32.3. The standard InChI is InChI=1S/C36H56N2O5S/c1-6-26-30-21-24(39)13-16-36(30,5)29-14-17-35(4)27(11-12-28(35)31(29)32(26)40)22(2)15-20-37-33(41)38-44(42,43)25-9-7-23(8-10-25)34(3)18-19-34/h7-10,22,24,26-32,39-40H,6,11-21H2,1-5H3,(H2,37,38,41)/t22-,24-,26-,27-,28+,29+,30+,31+,32-,35-,36-/m1/s1. The second kappa shape index (κ2) is 11.6. The van der Waals surface area contributed by atoms with Crippen molar-refractivity contribution in [2.24, 2.45) is 52.3 Å². The van der Waals surface area contributed by atoms with Crippen molar-refractivity contribution in [2.45, 2.75) is 128 Å². The Bertz CT molecular complexity index is 1330. The molecule has 4 N–H and O–H groups in total. The fourth-order valence-electron chi connectivity index (χ4n) is 11.3. The SMILES string of the molecule is CC[C@H]1[C@@H](O)[C@@H]2[C@H](CC[C@]3(C)[C@@H]([C@H](C)CCNC(=O)NS(=O)(=O)c4ccc(C5(C)CC5)cc4)CC[C@@H]23)[C@@]2(C)CC[C@@H](O)C[C@@H]12. The zero-order valence-electron chi connectivity index (χ0n) is 27.5. The molecule has 6 rings (SSSR count). The number of rotatable bonds is 8. The molecule has 5 fully saturated rings. The molecule has 0 saturated heterocycles. The predicted octanol–water partition coefficient (Wildman–Crippen LogP) is 6.38. The Morgan fingerprint density at radius 1 is 0.932 bits per heavy atom. The van der Waals surface area contributed by atoms with Crippen LogP contribution < -0.4 is 10.0 Å². The number of sulfonamides is 1. The van der Waals surface area contributed by atoms with Crippen LogP contribution in [0.15, 0.2) is 29.2 Å². The molecule has 0 heterocycles. The Morgan fingerprint density at radius 2 is 1.59 bits per heavy atom. The minimum atomic E-state index is -3.93. The fourth-order valence-corrected chi connectivity index (χ4v) is 12.2. The van der Waals surface area contributed by atoms with Gasteiger partial charge in [-0.25, -0.2) is 17.9 Å². The van der Waals surface area contributed by atoms with Crippen molar-refractivity contribution in [1.29, 1.82) is 0 Å². The highest BCUT2D eigenvalue weighted by atomic mass is 32.2. The van der Waals surface area contributed by atoms with Crippen LogP contribution in [0.1, 0.15) is 111 Å². The normalized spacial score (nSPS) is 41.5. The van der Waals surface area contributed by atoms with Gasteiger partial charge in [0.05, 0.1) is 17.1 Å². The quantitative estimate of drug-likeness (QED) is 0.267. The third-order valence-corrected chi connectivity index (χ3v) is 15.5. The Kier molecular flexibility index (Phi) is 8.48. The number of aliphatic hydroxyl groups is 2. The van der Waals surface area contributed by atoms with Crippen LogP contribution in [0.3, 0.4) is 0 Å². The van der Waals surface area contributed by atoms with Gasteiger partial charge in [-0.15, -0.1) is 0 Å². The van der Waals surface area contributed by atoms with Gasteiger partial charge in [0, 0.05) is 6.54 Å². The van der Waals surface area contributed by atoms with Crippen LogP contribution in [0.4, 0.5) is 4.79 Å². The summed E-state index contributed by atoms with van der Waals surface area (Å²) in [5.41, 5.74) is 1.66. The zero-order valence-corrected chi connectivity index (χ0v) is 28.3. The number of nitrogens with one attached hydrogen (secondary N) is 2. The van der Waals surface area contributed by atoms with Gasteiger partial charge in [-0.2, -0.15) is 0 Å². The van der Waals surface area contributed by atoms with Crippen LogP contribution in [-0.2, 0) is 15.4 Å². The van der Waals surface area contributed by atoms with E-state index >= 15 is 0 Å². The first-order chi connectivity index (χ1) is 20.7. The molecule has 8 heteroatoms. The summed E-state index contributed by atoms with van der Waals surface area (Å²) in [6, 6.07) is 6.22. The van der Waals surface area contributed by atoms with Gasteiger partial charge in [0.25, 0.3) is 10.0 Å². The van der Waals surface area contributed by atoms with Gasteiger partial charge in [-0.1, -0.05) is 53.2 Å². The molecule has 0 bridgehead atoms. The Hall–Kier alpha value is -1.64. The number of fused-ring (bicyclic) bond motifs is 5. The molecule has 5 saturated carbocycles. The lowest BCUT2D eigenvalue weighted by Gasteiger charge is -2.64. The van der Waals surface area contributed by atoms with Crippen molar-refractivity contribution in [3.05, 3.63) is 29.8 Å².